The van der Waals surface area contributed by atoms with Gasteiger partial charge in [0.05, 0.1) is 10.5 Å². The van der Waals surface area contributed by atoms with Crippen LogP contribution >= 0.6 is 11.3 Å². The number of benzene rings is 1. The molecule has 1 atom stereocenters. The first-order valence-electron chi connectivity index (χ1n) is 6.44. The number of carbonyl (C=O) groups excluding carboxylic acids is 2. The van der Waals surface area contributed by atoms with Crippen molar-refractivity contribution in [1.29, 1.82) is 0 Å². The minimum Gasteiger partial charge on any atom is -0.449 e. The lowest BCUT2D eigenvalue weighted by Crippen LogP contribution is -2.30. The van der Waals surface area contributed by atoms with E-state index in [1.807, 2.05) is 0 Å². The molecular formula is C14H14N2O5S2. The molecule has 0 unspecified atom stereocenters. The van der Waals surface area contributed by atoms with Crippen LogP contribution in [0.15, 0.2) is 46.0 Å². The van der Waals surface area contributed by atoms with Gasteiger partial charge in [-0.05, 0) is 36.6 Å². The van der Waals surface area contributed by atoms with Crippen molar-refractivity contribution in [3.05, 3.63) is 46.7 Å². The zero-order valence-electron chi connectivity index (χ0n) is 12.1. The Morgan fingerprint density at radius 1 is 1.30 bits per heavy atom. The van der Waals surface area contributed by atoms with Crippen LogP contribution in [0.1, 0.15) is 17.3 Å². The van der Waals surface area contributed by atoms with Crippen molar-refractivity contribution in [3.63, 3.8) is 0 Å². The number of hydrogen-bond donors (Lipinski definition) is 2. The number of ether oxygens (including phenoxy) is 1. The monoisotopic (exact) mass is 354 g/mol. The molecule has 1 aromatic heterocycles. The van der Waals surface area contributed by atoms with Gasteiger partial charge in [0, 0.05) is 11.1 Å². The molecule has 1 aromatic carbocycles. The van der Waals surface area contributed by atoms with E-state index in [0.717, 1.165) is 0 Å². The second kappa shape index (κ2) is 6.90. The standard InChI is InChI=1S/C14H14N2O5S2/c1-9(21-14(18)10-5-6-22-8-10)13(17)16-11-3-2-4-12(7-11)23(15,19)20/h2-9H,1H3,(H,16,17)(H2,15,19,20)/t9-/m1/s1. The summed E-state index contributed by atoms with van der Waals surface area (Å²) in [5.74, 6) is -1.19. The summed E-state index contributed by atoms with van der Waals surface area (Å²) in [5, 5.41) is 10.8. The van der Waals surface area contributed by atoms with E-state index < -0.39 is 28.0 Å². The number of thiophene rings is 1. The highest BCUT2D eigenvalue weighted by Crippen LogP contribution is 2.15. The SMILES string of the molecule is C[C@@H](OC(=O)c1ccsc1)C(=O)Nc1cccc(S(N)(=O)=O)c1. The van der Waals surface area contributed by atoms with E-state index >= 15 is 0 Å². The van der Waals surface area contributed by atoms with Crippen LogP contribution in [0.5, 0.6) is 0 Å². The van der Waals surface area contributed by atoms with Crippen LogP contribution in [0.2, 0.25) is 0 Å². The molecule has 1 heterocycles. The van der Waals surface area contributed by atoms with Gasteiger partial charge in [0.2, 0.25) is 10.0 Å². The summed E-state index contributed by atoms with van der Waals surface area (Å²) in [6, 6.07) is 7.07. The van der Waals surface area contributed by atoms with Gasteiger partial charge in [0.25, 0.3) is 5.91 Å². The summed E-state index contributed by atoms with van der Waals surface area (Å²) in [7, 11) is -3.87. The largest absolute Gasteiger partial charge is 0.449 e. The minimum absolute atomic E-state index is 0.127. The van der Waals surface area contributed by atoms with Crippen molar-refractivity contribution in [2.24, 2.45) is 5.14 Å². The smallest absolute Gasteiger partial charge is 0.339 e. The van der Waals surface area contributed by atoms with Crippen molar-refractivity contribution >= 4 is 38.9 Å². The molecule has 7 nitrogen and oxygen atoms in total. The van der Waals surface area contributed by atoms with Crippen molar-refractivity contribution < 1.29 is 22.7 Å². The molecule has 0 spiro atoms. The van der Waals surface area contributed by atoms with Crippen molar-refractivity contribution in [2.45, 2.75) is 17.9 Å². The Morgan fingerprint density at radius 3 is 2.65 bits per heavy atom. The number of primary sulfonamides is 1. The minimum atomic E-state index is -3.87. The number of rotatable bonds is 5. The number of anilines is 1. The van der Waals surface area contributed by atoms with E-state index in [1.54, 1.807) is 16.8 Å². The average molecular weight is 354 g/mol. The summed E-state index contributed by atoms with van der Waals surface area (Å²) >= 11 is 1.34. The Morgan fingerprint density at radius 2 is 2.04 bits per heavy atom. The van der Waals surface area contributed by atoms with E-state index in [4.69, 9.17) is 9.88 Å². The molecule has 0 fully saturated rings. The third-order valence-corrected chi connectivity index (χ3v) is 4.43. The van der Waals surface area contributed by atoms with Crippen LogP contribution in [0.25, 0.3) is 0 Å². The molecule has 0 aliphatic heterocycles. The van der Waals surface area contributed by atoms with Gasteiger partial charge in [-0.25, -0.2) is 18.4 Å². The number of nitrogens with two attached hydrogens (primary N) is 1. The fourth-order valence-corrected chi connectivity index (χ4v) is 2.84. The van der Waals surface area contributed by atoms with Crippen molar-refractivity contribution in [2.75, 3.05) is 5.32 Å². The van der Waals surface area contributed by atoms with E-state index in [1.165, 1.54) is 42.5 Å². The Bertz CT molecular complexity index is 815. The van der Waals surface area contributed by atoms with Crippen molar-refractivity contribution in [1.82, 2.24) is 0 Å². The number of esters is 1. The van der Waals surface area contributed by atoms with Crippen molar-refractivity contribution in [3.8, 4) is 0 Å². The molecule has 0 bridgehead atoms. The normalized spacial score (nSPS) is 12.4. The van der Waals surface area contributed by atoms with Crippen LogP contribution in [0.3, 0.4) is 0 Å². The first kappa shape index (κ1) is 17.1. The second-order valence-corrected chi connectivity index (χ2v) is 6.96. The summed E-state index contributed by atoms with van der Waals surface area (Å²) in [6.45, 7) is 1.42. The van der Waals surface area contributed by atoms with E-state index in [2.05, 4.69) is 5.32 Å². The van der Waals surface area contributed by atoms with Gasteiger partial charge >= 0.3 is 5.97 Å². The lowest BCUT2D eigenvalue weighted by atomic mass is 10.3. The molecule has 0 saturated carbocycles. The van der Waals surface area contributed by atoms with Crippen LogP contribution in [-0.2, 0) is 19.6 Å². The summed E-state index contributed by atoms with van der Waals surface area (Å²) < 4.78 is 27.6. The van der Waals surface area contributed by atoms with Crippen LogP contribution < -0.4 is 10.5 Å². The summed E-state index contributed by atoms with van der Waals surface area (Å²) in [6.07, 6.45) is -1.04. The molecule has 2 rings (SSSR count). The molecule has 0 aliphatic rings. The fraction of sp³-hybridized carbons (Fsp3) is 0.143. The molecule has 3 N–H and O–H groups in total. The Balaban J connectivity index is 2.03. The van der Waals surface area contributed by atoms with E-state index in [-0.39, 0.29) is 10.6 Å². The highest BCUT2D eigenvalue weighted by Gasteiger charge is 2.19. The zero-order valence-corrected chi connectivity index (χ0v) is 13.7. The van der Waals surface area contributed by atoms with Gasteiger partial charge in [-0.1, -0.05) is 6.07 Å². The lowest BCUT2D eigenvalue weighted by Gasteiger charge is -2.13. The molecule has 2 aromatic rings. The molecule has 0 saturated heterocycles. The molecule has 0 radical (unpaired) electrons. The van der Waals surface area contributed by atoms with Gasteiger partial charge in [-0.15, -0.1) is 0 Å². The summed E-state index contributed by atoms with van der Waals surface area (Å²) in [5.41, 5.74) is 0.603. The molecule has 122 valence electrons. The fourth-order valence-electron chi connectivity index (χ4n) is 1.66. The Labute approximate surface area is 137 Å². The maximum absolute atomic E-state index is 12.0. The van der Waals surface area contributed by atoms with Crippen LogP contribution in [-0.4, -0.2) is 26.4 Å². The second-order valence-electron chi connectivity index (χ2n) is 4.62. The van der Waals surface area contributed by atoms with Crippen LogP contribution in [0, 0.1) is 0 Å². The lowest BCUT2D eigenvalue weighted by molar-refractivity contribution is -0.123. The number of amides is 1. The highest BCUT2D eigenvalue weighted by molar-refractivity contribution is 7.89. The first-order valence-corrected chi connectivity index (χ1v) is 8.93. The van der Waals surface area contributed by atoms with Gasteiger partial charge in [-0.3, -0.25) is 4.79 Å². The third-order valence-electron chi connectivity index (χ3n) is 2.84. The third kappa shape index (κ3) is 4.62. The van der Waals surface area contributed by atoms with E-state index in [9.17, 15) is 18.0 Å². The topological polar surface area (TPSA) is 116 Å². The highest BCUT2D eigenvalue weighted by atomic mass is 32.2. The molecule has 9 heteroatoms. The average Bonchev–Trinajstić information content (AvgIpc) is 3.00. The number of carbonyl (C=O) groups is 2. The predicted molar refractivity (Wildman–Crippen MR) is 85.6 cm³/mol. The molecular weight excluding hydrogens is 340 g/mol. The van der Waals surface area contributed by atoms with Crippen LogP contribution in [0.4, 0.5) is 5.69 Å². The zero-order chi connectivity index (χ0) is 17.0. The maximum Gasteiger partial charge on any atom is 0.339 e. The van der Waals surface area contributed by atoms with Gasteiger partial charge < -0.3 is 10.1 Å². The van der Waals surface area contributed by atoms with Gasteiger partial charge in [-0.2, -0.15) is 11.3 Å². The molecule has 0 aliphatic carbocycles. The molecule has 1 amide bonds. The van der Waals surface area contributed by atoms with Gasteiger partial charge in [0.15, 0.2) is 6.10 Å². The number of sulfonamides is 1. The quantitative estimate of drug-likeness (QED) is 0.791. The van der Waals surface area contributed by atoms with E-state index in [0.29, 0.717) is 5.56 Å². The Kier molecular flexibility index (Phi) is 5.14. The first-order chi connectivity index (χ1) is 10.8. The number of hydrogen-bond acceptors (Lipinski definition) is 6. The summed E-state index contributed by atoms with van der Waals surface area (Å²) in [4.78, 5) is 23.7. The maximum atomic E-state index is 12.0. The molecule has 23 heavy (non-hydrogen) atoms. The number of nitrogens with one attached hydrogen (secondary N) is 1. The Hall–Kier alpha value is -2.23. The predicted octanol–water partition coefficient (Wildman–Crippen LogP) is 1.58. The van der Waals surface area contributed by atoms with Gasteiger partial charge in [0.1, 0.15) is 0 Å².